The predicted octanol–water partition coefficient (Wildman–Crippen LogP) is 2.54. The van der Waals surface area contributed by atoms with E-state index >= 15 is 0 Å². The maximum atomic E-state index is 12.6. The average Bonchev–Trinajstić information content (AvgIpc) is 2.70. The molecule has 2 aromatic rings. The fourth-order valence-corrected chi connectivity index (χ4v) is 2.98. The minimum absolute atomic E-state index is 0.0311. The van der Waals surface area contributed by atoms with E-state index in [1.807, 2.05) is 0 Å². The highest BCUT2D eigenvalue weighted by atomic mass is 16.6. The summed E-state index contributed by atoms with van der Waals surface area (Å²) in [5.74, 6) is -3.87. The summed E-state index contributed by atoms with van der Waals surface area (Å²) >= 11 is 0. The van der Waals surface area contributed by atoms with Gasteiger partial charge in [0.1, 0.15) is 16.9 Å². The molecule has 0 atom stereocenters. The van der Waals surface area contributed by atoms with Crippen molar-refractivity contribution in [3.8, 4) is 28.7 Å². The number of rotatable bonds is 2. The van der Waals surface area contributed by atoms with Crippen molar-refractivity contribution in [3.63, 3.8) is 0 Å². The number of esters is 1. The smallest absolute Gasteiger partial charge is 0.347 e. The van der Waals surface area contributed by atoms with Crippen molar-refractivity contribution < 1.29 is 39.5 Å². The number of aromatic carboxylic acids is 1. The van der Waals surface area contributed by atoms with Gasteiger partial charge in [-0.1, -0.05) is 0 Å². The van der Waals surface area contributed by atoms with E-state index in [4.69, 9.17) is 9.47 Å². The summed E-state index contributed by atoms with van der Waals surface area (Å²) in [6.45, 7) is 3.90. The molecule has 2 aromatic carbocycles. The van der Waals surface area contributed by atoms with Gasteiger partial charge >= 0.3 is 11.9 Å². The number of hydrogen-bond donors (Lipinski definition) is 4. The molecule has 3 rings (SSSR count). The van der Waals surface area contributed by atoms with E-state index in [1.54, 1.807) is 6.92 Å². The Kier molecular flexibility index (Phi) is 4.00. The van der Waals surface area contributed by atoms with Gasteiger partial charge in [0.15, 0.2) is 17.2 Å². The first-order valence-corrected chi connectivity index (χ1v) is 7.64. The number of aromatic hydroxyl groups is 2. The van der Waals surface area contributed by atoms with Gasteiger partial charge in [0, 0.05) is 0 Å². The molecule has 0 unspecified atom stereocenters. The van der Waals surface area contributed by atoms with E-state index in [-0.39, 0.29) is 45.3 Å². The molecule has 0 fully saturated rings. The maximum Gasteiger partial charge on any atom is 0.347 e. The van der Waals surface area contributed by atoms with Gasteiger partial charge in [0.2, 0.25) is 5.75 Å². The lowest BCUT2D eigenvalue weighted by molar-refractivity contribution is 0.0691. The van der Waals surface area contributed by atoms with E-state index in [0.717, 1.165) is 0 Å². The summed E-state index contributed by atoms with van der Waals surface area (Å²) in [4.78, 5) is 24.1. The van der Waals surface area contributed by atoms with Crippen LogP contribution < -0.4 is 9.47 Å². The molecule has 0 amide bonds. The second-order valence-electron chi connectivity index (χ2n) is 5.98. The number of aliphatic hydroxyl groups excluding tert-OH is 1. The monoisotopic (exact) mass is 360 g/mol. The molecule has 8 nitrogen and oxygen atoms in total. The lowest BCUT2D eigenvalue weighted by atomic mass is 10.00. The van der Waals surface area contributed by atoms with E-state index in [0.29, 0.717) is 11.1 Å². The number of hydrogen-bond acceptors (Lipinski definition) is 7. The zero-order chi connectivity index (χ0) is 19.3. The third-order valence-corrected chi connectivity index (χ3v) is 4.47. The minimum Gasteiger partial charge on any atom is -0.507 e. The molecule has 1 aliphatic heterocycles. The Morgan fingerprint density at radius 2 is 1.69 bits per heavy atom. The summed E-state index contributed by atoms with van der Waals surface area (Å²) in [6, 6.07) is 1.28. The molecule has 0 spiro atoms. The highest BCUT2D eigenvalue weighted by Crippen LogP contribution is 2.51. The third kappa shape index (κ3) is 2.34. The molecular formula is C18H16O8. The van der Waals surface area contributed by atoms with Crippen molar-refractivity contribution in [2.45, 2.75) is 27.4 Å². The largest absolute Gasteiger partial charge is 0.507 e. The number of carbonyl (C=O) groups is 2. The van der Waals surface area contributed by atoms with Crippen molar-refractivity contribution in [3.05, 3.63) is 39.4 Å². The van der Waals surface area contributed by atoms with Gasteiger partial charge in [-0.05, 0) is 43.5 Å². The summed E-state index contributed by atoms with van der Waals surface area (Å²) in [6.07, 6.45) is 0. The highest BCUT2D eigenvalue weighted by Gasteiger charge is 2.34. The summed E-state index contributed by atoms with van der Waals surface area (Å²) in [5, 5.41) is 39.4. The number of carboxylic acids is 1. The van der Waals surface area contributed by atoms with Crippen molar-refractivity contribution in [2.75, 3.05) is 0 Å². The first kappa shape index (κ1) is 17.6. The number of phenols is 2. The van der Waals surface area contributed by atoms with Gasteiger partial charge < -0.3 is 29.9 Å². The number of carboxylic acid groups (broad SMARTS) is 1. The Balaban J connectivity index is 2.40. The molecule has 4 N–H and O–H groups in total. The fraction of sp³-hybridized carbons (Fsp3) is 0.222. The van der Waals surface area contributed by atoms with Gasteiger partial charge in [0.25, 0.3) is 0 Å². The fourth-order valence-electron chi connectivity index (χ4n) is 2.98. The molecule has 136 valence electrons. The van der Waals surface area contributed by atoms with Crippen LogP contribution in [0.15, 0.2) is 6.07 Å². The van der Waals surface area contributed by atoms with Crippen molar-refractivity contribution in [1.82, 2.24) is 0 Å². The van der Waals surface area contributed by atoms with Crippen molar-refractivity contribution in [2.24, 2.45) is 0 Å². The number of carbonyl (C=O) groups excluding carboxylic acids is 1. The number of aliphatic hydroxyl groups is 1. The van der Waals surface area contributed by atoms with Crippen LogP contribution in [0.4, 0.5) is 0 Å². The summed E-state index contributed by atoms with van der Waals surface area (Å²) < 4.78 is 11.0. The molecule has 0 saturated heterocycles. The number of benzene rings is 2. The third-order valence-electron chi connectivity index (χ3n) is 4.47. The van der Waals surface area contributed by atoms with Crippen LogP contribution in [0.1, 0.15) is 43.0 Å². The first-order valence-electron chi connectivity index (χ1n) is 7.64. The van der Waals surface area contributed by atoms with Crippen LogP contribution in [0.2, 0.25) is 0 Å². The summed E-state index contributed by atoms with van der Waals surface area (Å²) in [7, 11) is 0. The zero-order valence-corrected chi connectivity index (χ0v) is 14.2. The predicted molar refractivity (Wildman–Crippen MR) is 88.3 cm³/mol. The summed E-state index contributed by atoms with van der Waals surface area (Å²) in [5.41, 5.74) is 0.367. The van der Waals surface area contributed by atoms with Crippen LogP contribution in [0.5, 0.6) is 28.7 Å². The molecule has 0 saturated carbocycles. The molecule has 0 aliphatic carbocycles. The highest BCUT2D eigenvalue weighted by molar-refractivity contribution is 6.00. The van der Waals surface area contributed by atoms with Crippen LogP contribution in [0, 0.1) is 20.8 Å². The second-order valence-corrected chi connectivity index (χ2v) is 5.98. The van der Waals surface area contributed by atoms with Crippen molar-refractivity contribution in [1.29, 1.82) is 0 Å². The number of ether oxygens (including phenoxy) is 2. The average molecular weight is 360 g/mol. The topological polar surface area (TPSA) is 134 Å². The molecule has 1 aliphatic rings. The van der Waals surface area contributed by atoms with Gasteiger partial charge in [-0.15, -0.1) is 0 Å². The van der Waals surface area contributed by atoms with Crippen LogP contribution >= 0.6 is 0 Å². The molecule has 0 radical (unpaired) electrons. The SMILES string of the molecule is Cc1cc(O)c(CO)c2c1C(=O)Oc1c(C)c(C)c(C(=O)O)c(O)c1O2. The Labute approximate surface area is 147 Å². The van der Waals surface area contributed by atoms with Gasteiger partial charge in [-0.3, -0.25) is 0 Å². The number of fused-ring (bicyclic) bond motifs is 2. The molecular weight excluding hydrogens is 344 g/mol. The number of aryl methyl sites for hydroxylation is 1. The molecule has 0 aromatic heterocycles. The maximum absolute atomic E-state index is 12.6. The zero-order valence-electron chi connectivity index (χ0n) is 14.2. The van der Waals surface area contributed by atoms with E-state index in [1.165, 1.54) is 19.9 Å². The van der Waals surface area contributed by atoms with Gasteiger partial charge in [-0.2, -0.15) is 0 Å². The Hall–Kier alpha value is -3.26. The molecule has 1 heterocycles. The van der Waals surface area contributed by atoms with E-state index in [2.05, 4.69) is 0 Å². The lowest BCUT2D eigenvalue weighted by Gasteiger charge is -2.17. The quantitative estimate of drug-likeness (QED) is 0.474. The second kappa shape index (κ2) is 5.92. The standard InChI is InChI=1S/C18H16O8/c1-6-4-10(20)9(5-19)15-11(6)18(24)26-14-8(3)7(2)12(17(22)23)13(21)16(14)25-15/h4,19-21H,5H2,1-3H3,(H,22,23). The molecule has 26 heavy (non-hydrogen) atoms. The molecule has 8 heteroatoms. The first-order chi connectivity index (χ1) is 12.2. The van der Waals surface area contributed by atoms with Crippen LogP contribution in [-0.2, 0) is 6.61 Å². The van der Waals surface area contributed by atoms with E-state index < -0.39 is 24.3 Å². The van der Waals surface area contributed by atoms with Crippen LogP contribution in [0.25, 0.3) is 0 Å². The Morgan fingerprint density at radius 1 is 1.04 bits per heavy atom. The van der Waals surface area contributed by atoms with Crippen LogP contribution in [0.3, 0.4) is 0 Å². The van der Waals surface area contributed by atoms with Gasteiger partial charge in [-0.25, -0.2) is 9.59 Å². The van der Waals surface area contributed by atoms with Gasteiger partial charge in [0.05, 0.1) is 12.2 Å². The Bertz CT molecular complexity index is 974. The van der Waals surface area contributed by atoms with Crippen molar-refractivity contribution >= 4 is 11.9 Å². The van der Waals surface area contributed by atoms with E-state index in [9.17, 15) is 30.0 Å². The Morgan fingerprint density at radius 3 is 2.27 bits per heavy atom. The normalized spacial score (nSPS) is 12.5. The molecule has 0 bridgehead atoms. The minimum atomic E-state index is -1.38. The lowest BCUT2D eigenvalue weighted by Crippen LogP contribution is -2.11. The van der Waals surface area contributed by atoms with Crippen LogP contribution in [-0.4, -0.2) is 32.4 Å².